The van der Waals surface area contributed by atoms with Crippen LogP contribution in [0.1, 0.15) is 22.0 Å². The number of aromatic nitrogens is 3. The van der Waals surface area contributed by atoms with Crippen molar-refractivity contribution < 1.29 is 4.79 Å². The van der Waals surface area contributed by atoms with E-state index in [1.54, 1.807) is 32.2 Å². The van der Waals surface area contributed by atoms with Gasteiger partial charge in [0.25, 0.3) is 5.91 Å². The Balaban J connectivity index is 2.12. The largest absolute Gasteiger partial charge is 0.335 e. The number of H-pyrrole nitrogens is 1. The topological polar surface area (TPSA) is 61.9 Å². The third-order valence-corrected chi connectivity index (χ3v) is 3.14. The summed E-state index contributed by atoms with van der Waals surface area (Å²) in [6, 6.07) is 5.17. The first-order chi connectivity index (χ1) is 8.97. The van der Waals surface area contributed by atoms with E-state index in [-0.39, 0.29) is 11.7 Å². The maximum atomic E-state index is 12.1. The van der Waals surface area contributed by atoms with Gasteiger partial charge in [-0.25, -0.2) is 4.98 Å². The van der Waals surface area contributed by atoms with E-state index in [9.17, 15) is 4.79 Å². The van der Waals surface area contributed by atoms with E-state index in [4.69, 9.17) is 23.2 Å². The summed E-state index contributed by atoms with van der Waals surface area (Å²) in [6.45, 7) is 2.10. The number of nitrogens with zero attached hydrogens (tertiary/aromatic N) is 3. The number of halogens is 2. The summed E-state index contributed by atoms with van der Waals surface area (Å²) in [5.41, 5.74) is 0.814. The van der Waals surface area contributed by atoms with Crippen LogP contribution in [0.2, 0.25) is 10.0 Å². The molecule has 0 bridgehead atoms. The highest BCUT2D eigenvalue weighted by molar-refractivity contribution is 6.35. The first-order valence-corrected chi connectivity index (χ1v) is 6.31. The fourth-order valence-electron chi connectivity index (χ4n) is 1.59. The van der Waals surface area contributed by atoms with Gasteiger partial charge >= 0.3 is 0 Å². The second-order valence-electron chi connectivity index (χ2n) is 4.14. The highest BCUT2D eigenvalue weighted by Gasteiger charge is 2.17. The molecule has 0 atom stereocenters. The Kier molecular flexibility index (Phi) is 4.07. The molecule has 19 heavy (non-hydrogen) atoms. The minimum atomic E-state index is -0.268. The summed E-state index contributed by atoms with van der Waals surface area (Å²) in [4.78, 5) is 17.5. The molecule has 0 radical (unpaired) electrons. The zero-order valence-corrected chi connectivity index (χ0v) is 12.0. The third kappa shape index (κ3) is 3.24. The average molecular weight is 299 g/mol. The monoisotopic (exact) mass is 298 g/mol. The number of aryl methyl sites for hydroxylation is 1. The number of amides is 1. The van der Waals surface area contributed by atoms with Gasteiger partial charge < -0.3 is 4.90 Å². The molecule has 0 saturated heterocycles. The lowest BCUT2D eigenvalue weighted by molar-refractivity contribution is 0.0773. The Hall–Kier alpha value is -1.59. The Morgan fingerprint density at radius 3 is 2.74 bits per heavy atom. The van der Waals surface area contributed by atoms with Crippen LogP contribution in [0.3, 0.4) is 0 Å². The minimum Gasteiger partial charge on any atom is -0.335 e. The summed E-state index contributed by atoms with van der Waals surface area (Å²) >= 11 is 11.9. The fraction of sp³-hybridized carbons (Fsp3) is 0.250. The summed E-state index contributed by atoms with van der Waals surface area (Å²) < 4.78 is 0. The number of benzene rings is 1. The molecule has 1 amide bonds. The molecule has 0 spiro atoms. The Labute approximate surface area is 120 Å². The van der Waals surface area contributed by atoms with Crippen molar-refractivity contribution in [3.05, 3.63) is 45.5 Å². The maximum Gasteiger partial charge on any atom is 0.293 e. The van der Waals surface area contributed by atoms with Crippen molar-refractivity contribution in [3.8, 4) is 0 Å². The quantitative estimate of drug-likeness (QED) is 0.948. The molecule has 1 aromatic heterocycles. The lowest BCUT2D eigenvalue weighted by atomic mass is 10.2. The van der Waals surface area contributed by atoms with E-state index < -0.39 is 0 Å². The molecular weight excluding hydrogens is 287 g/mol. The van der Waals surface area contributed by atoms with Gasteiger partial charge in [0.1, 0.15) is 5.82 Å². The Morgan fingerprint density at radius 1 is 1.42 bits per heavy atom. The minimum absolute atomic E-state index is 0.144. The first-order valence-electron chi connectivity index (χ1n) is 5.56. The van der Waals surface area contributed by atoms with Gasteiger partial charge in [0, 0.05) is 23.6 Å². The molecule has 2 aromatic rings. The maximum absolute atomic E-state index is 12.1. The molecule has 0 fully saturated rings. The van der Waals surface area contributed by atoms with Crippen LogP contribution >= 0.6 is 23.2 Å². The highest BCUT2D eigenvalue weighted by atomic mass is 35.5. The second-order valence-corrected chi connectivity index (χ2v) is 4.99. The van der Waals surface area contributed by atoms with Crippen LogP contribution in [-0.4, -0.2) is 33.0 Å². The number of rotatable bonds is 3. The number of carbonyl (C=O) groups is 1. The van der Waals surface area contributed by atoms with Crippen molar-refractivity contribution in [2.45, 2.75) is 13.5 Å². The van der Waals surface area contributed by atoms with Crippen LogP contribution < -0.4 is 0 Å². The van der Waals surface area contributed by atoms with Crippen LogP contribution in [-0.2, 0) is 6.54 Å². The molecular formula is C12H12Cl2N4O. The van der Waals surface area contributed by atoms with Gasteiger partial charge in [0.15, 0.2) is 0 Å². The van der Waals surface area contributed by atoms with Gasteiger partial charge in [-0.15, -0.1) is 5.10 Å². The predicted octanol–water partition coefficient (Wildman–Crippen LogP) is 2.69. The molecule has 1 heterocycles. The van der Waals surface area contributed by atoms with Crippen LogP contribution in [0.15, 0.2) is 18.2 Å². The molecule has 7 heteroatoms. The van der Waals surface area contributed by atoms with E-state index >= 15 is 0 Å². The Bertz CT molecular complexity index is 612. The molecule has 100 valence electrons. The summed E-state index contributed by atoms with van der Waals surface area (Å²) in [5, 5.41) is 7.56. The van der Waals surface area contributed by atoms with Gasteiger partial charge in [0.05, 0.1) is 0 Å². The lowest BCUT2D eigenvalue weighted by Gasteiger charge is -2.16. The lowest BCUT2D eigenvalue weighted by Crippen LogP contribution is -2.27. The molecule has 2 rings (SSSR count). The van der Waals surface area contributed by atoms with E-state index in [1.165, 1.54) is 4.90 Å². The third-order valence-electron chi connectivity index (χ3n) is 2.56. The highest BCUT2D eigenvalue weighted by Crippen LogP contribution is 2.22. The van der Waals surface area contributed by atoms with Crippen molar-refractivity contribution in [1.82, 2.24) is 20.1 Å². The van der Waals surface area contributed by atoms with Crippen molar-refractivity contribution in [2.24, 2.45) is 0 Å². The van der Waals surface area contributed by atoms with E-state index in [1.807, 2.05) is 0 Å². The SMILES string of the molecule is Cc1nc(C(=O)N(C)Cc2ccc(Cl)cc2Cl)n[nH]1. The van der Waals surface area contributed by atoms with Gasteiger partial charge in [0.2, 0.25) is 5.82 Å². The molecule has 0 aliphatic carbocycles. The molecule has 1 N–H and O–H groups in total. The number of hydrogen-bond acceptors (Lipinski definition) is 3. The van der Waals surface area contributed by atoms with Crippen LogP contribution in [0, 0.1) is 6.92 Å². The molecule has 5 nitrogen and oxygen atoms in total. The van der Waals surface area contributed by atoms with Crippen molar-refractivity contribution in [1.29, 1.82) is 0 Å². The number of carbonyl (C=O) groups excluding carboxylic acids is 1. The van der Waals surface area contributed by atoms with Crippen molar-refractivity contribution >= 4 is 29.1 Å². The van der Waals surface area contributed by atoms with Crippen molar-refractivity contribution in [2.75, 3.05) is 7.05 Å². The summed E-state index contributed by atoms with van der Waals surface area (Å²) in [5.74, 6) is 0.474. The summed E-state index contributed by atoms with van der Waals surface area (Å²) in [6.07, 6.45) is 0. The zero-order chi connectivity index (χ0) is 14.0. The van der Waals surface area contributed by atoms with Crippen LogP contribution in [0.5, 0.6) is 0 Å². The van der Waals surface area contributed by atoms with E-state index in [0.717, 1.165) is 5.56 Å². The number of aromatic amines is 1. The summed E-state index contributed by atoms with van der Waals surface area (Å²) in [7, 11) is 1.67. The Morgan fingerprint density at radius 2 is 2.16 bits per heavy atom. The van der Waals surface area contributed by atoms with Gasteiger partial charge in [-0.2, -0.15) is 0 Å². The fourth-order valence-corrected chi connectivity index (χ4v) is 2.05. The second kappa shape index (κ2) is 5.59. The molecule has 0 unspecified atom stereocenters. The van der Waals surface area contributed by atoms with Gasteiger partial charge in [-0.3, -0.25) is 9.89 Å². The van der Waals surface area contributed by atoms with Crippen molar-refractivity contribution in [3.63, 3.8) is 0 Å². The average Bonchev–Trinajstić information content (AvgIpc) is 2.78. The van der Waals surface area contributed by atoms with Crippen LogP contribution in [0.25, 0.3) is 0 Å². The first kappa shape index (κ1) is 13.8. The number of hydrogen-bond donors (Lipinski definition) is 1. The van der Waals surface area contributed by atoms with E-state index in [2.05, 4.69) is 15.2 Å². The van der Waals surface area contributed by atoms with Gasteiger partial charge in [-0.05, 0) is 24.6 Å². The normalized spacial score (nSPS) is 10.5. The zero-order valence-electron chi connectivity index (χ0n) is 10.4. The molecule has 1 aromatic carbocycles. The molecule has 0 aliphatic rings. The smallest absolute Gasteiger partial charge is 0.293 e. The van der Waals surface area contributed by atoms with E-state index in [0.29, 0.717) is 22.4 Å². The predicted molar refractivity (Wildman–Crippen MR) is 73.4 cm³/mol. The number of nitrogens with one attached hydrogen (secondary N) is 1. The van der Waals surface area contributed by atoms with Crippen LogP contribution in [0.4, 0.5) is 0 Å². The standard InChI is InChI=1S/C12H12Cl2N4O/c1-7-15-11(17-16-7)12(19)18(2)6-8-3-4-9(13)5-10(8)14/h3-5H,6H2,1-2H3,(H,15,16,17). The van der Waals surface area contributed by atoms with Gasteiger partial charge in [-0.1, -0.05) is 29.3 Å². The molecule has 0 saturated carbocycles. The molecule has 0 aliphatic heterocycles.